The average Bonchev–Trinajstić information content (AvgIpc) is 3.59. The molecule has 0 fully saturated rings. The number of fused-ring (bicyclic) bond motifs is 2. The molecule has 0 aliphatic carbocycles. The molecule has 0 spiro atoms. The summed E-state index contributed by atoms with van der Waals surface area (Å²) >= 11 is 1.66. The van der Waals surface area contributed by atoms with E-state index in [1.807, 2.05) is 47.6 Å². The Morgan fingerprint density at radius 2 is 1.97 bits per heavy atom. The van der Waals surface area contributed by atoms with Crippen LogP contribution in [0.2, 0.25) is 0 Å². The summed E-state index contributed by atoms with van der Waals surface area (Å²) in [7, 11) is 0. The zero-order valence-corrected chi connectivity index (χ0v) is 18.6. The summed E-state index contributed by atoms with van der Waals surface area (Å²) in [6, 6.07) is 16.2. The third kappa shape index (κ3) is 3.37. The quantitative estimate of drug-likeness (QED) is 0.399. The van der Waals surface area contributed by atoms with Crippen LogP contribution in [0, 0.1) is 0 Å². The SMILES string of the molecule is Nc1ncc(-c2cn[nH]c2)c2scc(-c3ccc4c(c3)CCN4C(=O)Cc3ccccc3)c12. The number of thiophene rings is 1. The lowest BCUT2D eigenvalue weighted by atomic mass is 10.00. The van der Waals surface area contributed by atoms with Crippen molar-refractivity contribution in [2.45, 2.75) is 12.8 Å². The van der Waals surface area contributed by atoms with Crippen molar-refractivity contribution in [3.05, 3.63) is 83.6 Å². The van der Waals surface area contributed by atoms with Crippen molar-refractivity contribution in [1.29, 1.82) is 0 Å². The Labute approximate surface area is 194 Å². The van der Waals surface area contributed by atoms with Crippen molar-refractivity contribution < 1.29 is 4.79 Å². The van der Waals surface area contributed by atoms with E-state index in [4.69, 9.17) is 5.73 Å². The predicted octanol–water partition coefficient (Wildman–Crippen LogP) is 5.07. The first-order chi connectivity index (χ1) is 16.2. The average molecular weight is 452 g/mol. The molecule has 2 aromatic carbocycles. The Balaban J connectivity index is 1.35. The van der Waals surface area contributed by atoms with Gasteiger partial charge in [-0.2, -0.15) is 5.10 Å². The maximum atomic E-state index is 13.0. The summed E-state index contributed by atoms with van der Waals surface area (Å²) in [6.45, 7) is 0.711. The van der Waals surface area contributed by atoms with Crippen molar-refractivity contribution in [1.82, 2.24) is 15.2 Å². The molecule has 1 aliphatic heterocycles. The van der Waals surface area contributed by atoms with Gasteiger partial charge in [0.25, 0.3) is 0 Å². The Kier molecular flexibility index (Phi) is 4.69. The van der Waals surface area contributed by atoms with Gasteiger partial charge in [-0.05, 0) is 40.6 Å². The van der Waals surface area contributed by atoms with Gasteiger partial charge in [0.2, 0.25) is 5.91 Å². The van der Waals surface area contributed by atoms with Crippen molar-refractivity contribution in [3.63, 3.8) is 0 Å². The van der Waals surface area contributed by atoms with Crippen LogP contribution in [0.15, 0.2) is 72.5 Å². The number of H-pyrrole nitrogens is 1. The first kappa shape index (κ1) is 19.7. The van der Waals surface area contributed by atoms with Crippen molar-refractivity contribution >= 4 is 38.8 Å². The van der Waals surface area contributed by atoms with Crippen LogP contribution in [0.4, 0.5) is 11.5 Å². The Bertz CT molecular complexity index is 1470. The maximum absolute atomic E-state index is 13.0. The summed E-state index contributed by atoms with van der Waals surface area (Å²) < 4.78 is 1.10. The number of hydrogen-bond donors (Lipinski definition) is 2. The molecule has 0 bridgehead atoms. The van der Waals surface area contributed by atoms with E-state index in [0.717, 1.165) is 50.0 Å². The predicted molar refractivity (Wildman–Crippen MR) is 133 cm³/mol. The van der Waals surface area contributed by atoms with Gasteiger partial charge in [0.15, 0.2) is 0 Å². The third-order valence-electron chi connectivity index (χ3n) is 6.22. The fourth-order valence-electron chi connectivity index (χ4n) is 4.58. The summed E-state index contributed by atoms with van der Waals surface area (Å²) in [6.07, 6.45) is 6.72. The molecule has 0 unspecified atom stereocenters. The fraction of sp³-hybridized carbons (Fsp3) is 0.115. The number of anilines is 2. The van der Waals surface area contributed by atoms with Crippen LogP contribution in [0.25, 0.3) is 32.3 Å². The molecule has 1 aliphatic rings. The Morgan fingerprint density at radius 3 is 2.79 bits per heavy atom. The highest BCUT2D eigenvalue weighted by Gasteiger charge is 2.25. The summed E-state index contributed by atoms with van der Waals surface area (Å²) in [5.41, 5.74) is 13.7. The molecule has 4 heterocycles. The number of nitrogens with one attached hydrogen (secondary N) is 1. The standard InChI is InChI=1S/C26H21N5OS/c27-26-24-21(15-33-25(24)20(14-28-26)19-12-29-30-13-19)17-6-7-22-18(11-17)8-9-31(22)23(32)10-16-4-2-1-3-5-16/h1-7,11-15H,8-10H2,(H2,27,28)(H,29,30). The largest absolute Gasteiger partial charge is 0.383 e. The molecule has 1 amide bonds. The second kappa shape index (κ2) is 7.86. The molecular weight excluding hydrogens is 430 g/mol. The number of nitrogen functional groups attached to an aromatic ring is 1. The van der Waals surface area contributed by atoms with Gasteiger partial charge in [0, 0.05) is 51.4 Å². The van der Waals surface area contributed by atoms with Crippen LogP contribution in [-0.2, 0) is 17.6 Å². The van der Waals surface area contributed by atoms with Crippen LogP contribution in [-0.4, -0.2) is 27.6 Å². The number of aromatic amines is 1. The number of rotatable bonds is 4. The molecule has 5 aromatic rings. The smallest absolute Gasteiger partial charge is 0.231 e. The van der Waals surface area contributed by atoms with Crippen molar-refractivity contribution in [2.75, 3.05) is 17.2 Å². The highest BCUT2D eigenvalue weighted by molar-refractivity contribution is 7.18. The first-order valence-corrected chi connectivity index (χ1v) is 11.7. The number of amides is 1. The molecule has 0 atom stereocenters. The second-order valence-electron chi connectivity index (χ2n) is 8.20. The van der Waals surface area contributed by atoms with Crippen LogP contribution < -0.4 is 10.6 Å². The van der Waals surface area contributed by atoms with Crippen LogP contribution in [0.1, 0.15) is 11.1 Å². The number of hydrogen-bond acceptors (Lipinski definition) is 5. The van der Waals surface area contributed by atoms with E-state index in [-0.39, 0.29) is 5.91 Å². The minimum atomic E-state index is 0.131. The van der Waals surface area contributed by atoms with Crippen molar-refractivity contribution in [2.24, 2.45) is 0 Å². The zero-order valence-electron chi connectivity index (χ0n) is 17.8. The minimum absolute atomic E-state index is 0.131. The van der Waals surface area contributed by atoms with Gasteiger partial charge >= 0.3 is 0 Å². The number of carbonyl (C=O) groups excluding carboxylic acids is 1. The monoisotopic (exact) mass is 451 g/mol. The van der Waals surface area contributed by atoms with Crippen LogP contribution in [0.3, 0.4) is 0 Å². The first-order valence-electron chi connectivity index (χ1n) is 10.8. The molecule has 3 aromatic heterocycles. The number of aromatic nitrogens is 3. The van der Waals surface area contributed by atoms with E-state index in [1.165, 1.54) is 5.56 Å². The lowest BCUT2D eigenvalue weighted by molar-refractivity contribution is -0.117. The third-order valence-corrected chi connectivity index (χ3v) is 7.23. The highest BCUT2D eigenvalue weighted by Crippen LogP contribution is 2.43. The summed E-state index contributed by atoms with van der Waals surface area (Å²) in [5.74, 6) is 0.653. The van der Waals surface area contributed by atoms with Gasteiger partial charge in [-0.25, -0.2) is 4.98 Å². The van der Waals surface area contributed by atoms with Gasteiger partial charge in [-0.15, -0.1) is 11.3 Å². The maximum Gasteiger partial charge on any atom is 0.231 e. The molecule has 162 valence electrons. The lowest BCUT2D eigenvalue weighted by Gasteiger charge is -2.18. The number of carbonyl (C=O) groups is 1. The lowest BCUT2D eigenvalue weighted by Crippen LogP contribution is -2.30. The van der Waals surface area contributed by atoms with Gasteiger partial charge in [0.05, 0.1) is 12.6 Å². The van der Waals surface area contributed by atoms with E-state index in [0.29, 0.717) is 18.8 Å². The van der Waals surface area contributed by atoms with E-state index >= 15 is 0 Å². The Morgan fingerprint density at radius 1 is 1.09 bits per heavy atom. The second-order valence-corrected chi connectivity index (χ2v) is 9.08. The molecule has 0 saturated carbocycles. The topological polar surface area (TPSA) is 87.9 Å². The molecule has 6 nitrogen and oxygen atoms in total. The van der Waals surface area contributed by atoms with Gasteiger partial charge in [-0.1, -0.05) is 36.4 Å². The molecular formula is C26H21N5OS. The Hall–Kier alpha value is -3.97. The van der Waals surface area contributed by atoms with E-state index in [1.54, 1.807) is 17.5 Å². The summed E-state index contributed by atoms with van der Waals surface area (Å²) in [4.78, 5) is 19.3. The van der Waals surface area contributed by atoms with Crippen LogP contribution >= 0.6 is 11.3 Å². The normalized spacial score (nSPS) is 12.9. The number of pyridine rings is 1. The molecule has 7 heteroatoms. The van der Waals surface area contributed by atoms with Crippen LogP contribution in [0.5, 0.6) is 0 Å². The molecule has 6 rings (SSSR count). The molecule has 0 radical (unpaired) electrons. The van der Waals surface area contributed by atoms with Gasteiger partial charge < -0.3 is 10.6 Å². The number of benzene rings is 2. The molecule has 3 N–H and O–H groups in total. The fourth-order valence-corrected chi connectivity index (χ4v) is 5.70. The number of nitrogens with two attached hydrogens (primary N) is 1. The zero-order chi connectivity index (χ0) is 22.4. The van der Waals surface area contributed by atoms with E-state index in [2.05, 4.69) is 38.8 Å². The molecule has 33 heavy (non-hydrogen) atoms. The van der Waals surface area contributed by atoms with E-state index < -0.39 is 0 Å². The molecule has 0 saturated heterocycles. The highest BCUT2D eigenvalue weighted by atomic mass is 32.1. The van der Waals surface area contributed by atoms with Crippen molar-refractivity contribution in [3.8, 4) is 22.3 Å². The van der Waals surface area contributed by atoms with Gasteiger partial charge in [0.1, 0.15) is 5.82 Å². The summed E-state index contributed by atoms with van der Waals surface area (Å²) in [5, 5.41) is 10.0. The minimum Gasteiger partial charge on any atom is -0.383 e. The van der Waals surface area contributed by atoms with Gasteiger partial charge in [-0.3, -0.25) is 9.89 Å². The van der Waals surface area contributed by atoms with E-state index in [9.17, 15) is 4.79 Å². The number of nitrogens with zero attached hydrogens (tertiary/aromatic N) is 3.